The highest BCUT2D eigenvalue weighted by Crippen LogP contribution is 2.28. The molecule has 2 aromatic carbocycles. The number of carbonyl (C=O) groups excluding carboxylic acids is 1. The van der Waals surface area contributed by atoms with E-state index in [1.54, 1.807) is 11.4 Å². The van der Waals surface area contributed by atoms with E-state index in [1.165, 1.54) is 54.8 Å². The van der Waals surface area contributed by atoms with Gasteiger partial charge in [0, 0.05) is 16.5 Å². The van der Waals surface area contributed by atoms with Gasteiger partial charge in [-0.3, -0.25) is 10.1 Å². The maximum atomic E-state index is 13.8. The van der Waals surface area contributed by atoms with Gasteiger partial charge in [0.15, 0.2) is 16.7 Å². The molecule has 0 saturated carbocycles. The van der Waals surface area contributed by atoms with Crippen LogP contribution in [-0.4, -0.2) is 18.0 Å². The molecular formula is C17H12F2N2O2S. The molecule has 0 unspecified atom stereocenters. The first-order chi connectivity index (χ1) is 11.6. The number of benzene rings is 2. The highest BCUT2D eigenvalue weighted by Gasteiger charge is 2.11. The van der Waals surface area contributed by atoms with Crippen LogP contribution in [0.5, 0.6) is 5.75 Å². The predicted molar refractivity (Wildman–Crippen MR) is 88.4 cm³/mol. The van der Waals surface area contributed by atoms with E-state index in [0.29, 0.717) is 22.0 Å². The van der Waals surface area contributed by atoms with Gasteiger partial charge in [0.2, 0.25) is 0 Å². The summed E-state index contributed by atoms with van der Waals surface area (Å²) in [5.41, 5.74) is 1.44. The second kappa shape index (κ2) is 6.76. The summed E-state index contributed by atoms with van der Waals surface area (Å²) in [6, 6.07) is 9.71. The Hall–Kier alpha value is -2.80. The van der Waals surface area contributed by atoms with Gasteiger partial charge in [-0.2, -0.15) is 0 Å². The maximum absolute atomic E-state index is 13.8. The van der Waals surface area contributed by atoms with E-state index in [0.717, 1.165) is 0 Å². The van der Waals surface area contributed by atoms with Crippen LogP contribution in [0.4, 0.5) is 13.9 Å². The summed E-state index contributed by atoms with van der Waals surface area (Å²) in [5, 5.41) is 4.71. The lowest BCUT2D eigenvalue weighted by Crippen LogP contribution is -2.11. The van der Waals surface area contributed by atoms with Crippen molar-refractivity contribution in [2.75, 3.05) is 12.4 Å². The highest BCUT2D eigenvalue weighted by atomic mass is 32.1. The van der Waals surface area contributed by atoms with Crippen molar-refractivity contribution >= 4 is 22.4 Å². The standard InChI is InChI=1S/C17H12F2N2O2S/c1-23-15-7-4-11(8-13(15)19)14-9-24-17(20-14)21-16(22)10-2-5-12(18)6-3-10/h2-9H,1H3,(H,20,21,22). The molecule has 0 aliphatic heterocycles. The lowest BCUT2D eigenvalue weighted by Gasteiger charge is -2.03. The number of anilines is 1. The van der Waals surface area contributed by atoms with Gasteiger partial charge in [0.25, 0.3) is 5.91 Å². The second-order valence-corrected chi connectivity index (χ2v) is 5.71. The summed E-state index contributed by atoms with van der Waals surface area (Å²) in [7, 11) is 1.39. The van der Waals surface area contributed by atoms with Crippen molar-refractivity contribution in [1.29, 1.82) is 0 Å². The van der Waals surface area contributed by atoms with Crippen molar-refractivity contribution in [2.45, 2.75) is 0 Å². The summed E-state index contributed by atoms with van der Waals surface area (Å²) in [6.07, 6.45) is 0. The van der Waals surface area contributed by atoms with E-state index < -0.39 is 17.5 Å². The van der Waals surface area contributed by atoms with Crippen LogP contribution in [0.25, 0.3) is 11.3 Å². The molecule has 0 fully saturated rings. The molecule has 0 aliphatic carbocycles. The van der Waals surface area contributed by atoms with E-state index in [1.807, 2.05) is 0 Å². The number of amides is 1. The summed E-state index contributed by atoms with van der Waals surface area (Å²) < 4.78 is 31.5. The minimum absolute atomic E-state index is 0.152. The Morgan fingerprint density at radius 2 is 1.92 bits per heavy atom. The molecule has 0 aliphatic rings. The number of hydrogen-bond acceptors (Lipinski definition) is 4. The van der Waals surface area contributed by atoms with E-state index in [-0.39, 0.29) is 5.75 Å². The van der Waals surface area contributed by atoms with Gasteiger partial charge >= 0.3 is 0 Å². The Morgan fingerprint density at radius 3 is 2.58 bits per heavy atom. The van der Waals surface area contributed by atoms with Crippen LogP contribution in [0.3, 0.4) is 0 Å². The average Bonchev–Trinajstić information content (AvgIpc) is 3.04. The number of halogens is 2. The van der Waals surface area contributed by atoms with Crippen LogP contribution < -0.4 is 10.1 Å². The monoisotopic (exact) mass is 346 g/mol. The minimum atomic E-state index is -0.486. The number of methoxy groups -OCH3 is 1. The fourth-order valence-corrected chi connectivity index (χ4v) is 2.77. The molecule has 1 N–H and O–H groups in total. The van der Waals surface area contributed by atoms with E-state index in [4.69, 9.17) is 4.74 Å². The molecule has 24 heavy (non-hydrogen) atoms. The van der Waals surface area contributed by atoms with Crippen molar-refractivity contribution in [3.63, 3.8) is 0 Å². The summed E-state index contributed by atoms with van der Waals surface area (Å²) in [5.74, 6) is -1.14. The molecule has 1 amide bonds. The third kappa shape index (κ3) is 3.41. The molecule has 7 heteroatoms. The normalized spacial score (nSPS) is 10.5. The molecular weight excluding hydrogens is 334 g/mol. The molecule has 4 nitrogen and oxygen atoms in total. The van der Waals surface area contributed by atoms with Gasteiger partial charge in [-0.25, -0.2) is 13.8 Å². The van der Waals surface area contributed by atoms with Gasteiger partial charge in [-0.15, -0.1) is 11.3 Å². The molecule has 0 atom stereocenters. The lowest BCUT2D eigenvalue weighted by molar-refractivity contribution is 0.102. The number of nitrogens with one attached hydrogen (secondary N) is 1. The van der Waals surface area contributed by atoms with Gasteiger partial charge in [-0.1, -0.05) is 0 Å². The number of carbonyl (C=O) groups is 1. The number of nitrogens with zero attached hydrogens (tertiary/aromatic N) is 1. The molecule has 0 spiro atoms. The Kier molecular flexibility index (Phi) is 4.52. The Labute approximate surface area is 140 Å². The highest BCUT2D eigenvalue weighted by molar-refractivity contribution is 7.14. The first-order valence-electron chi connectivity index (χ1n) is 6.93. The van der Waals surface area contributed by atoms with E-state index in [9.17, 15) is 13.6 Å². The first-order valence-corrected chi connectivity index (χ1v) is 7.81. The quantitative estimate of drug-likeness (QED) is 0.764. The zero-order valence-corrected chi connectivity index (χ0v) is 13.4. The van der Waals surface area contributed by atoms with Crippen molar-refractivity contribution in [3.05, 3.63) is 65.0 Å². The van der Waals surface area contributed by atoms with Gasteiger partial charge in [0.05, 0.1) is 12.8 Å². The largest absolute Gasteiger partial charge is 0.494 e. The number of aromatic nitrogens is 1. The molecule has 1 aromatic heterocycles. The molecule has 122 valence electrons. The van der Waals surface area contributed by atoms with E-state index in [2.05, 4.69) is 10.3 Å². The summed E-state index contributed by atoms with van der Waals surface area (Å²) >= 11 is 1.22. The lowest BCUT2D eigenvalue weighted by atomic mass is 10.1. The summed E-state index contributed by atoms with van der Waals surface area (Å²) in [6.45, 7) is 0. The van der Waals surface area contributed by atoms with Crippen molar-refractivity contribution in [3.8, 4) is 17.0 Å². The number of hydrogen-bond donors (Lipinski definition) is 1. The number of rotatable bonds is 4. The third-order valence-corrected chi connectivity index (χ3v) is 4.04. The molecule has 1 heterocycles. The predicted octanol–water partition coefficient (Wildman–Crippen LogP) is 4.35. The Bertz CT molecular complexity index is 879. The molecule has 0 saturated heterocycles. The third-order valence-electron chi connectivity index (χ3n) is 3.28. The van der Waals surface area contributed by atoms with Crippen molar-refractivity contribution in [2.24, 2.45) is 0 Å². The topological polar surface area (TPSA) is 51.2 Å². The molecule has 3 aromatic rings. The second-order valence-electron chi connectivity index (χ2n) is 4.85. The molecule has 0 radical (unpaired) electrons. The zero-order valence-electron chi connectivity index (χ0n) is 12.5. The Balaban J connectivity index is 1.77. The number of thiazole rings is 1. The SMILES string of the molecule is COc1ccc(-c2csc(NC(=O)c3ccc(F)cc3)n2)cc1F. The number of ether oxygens (including phenoxy) is 1. The fourth-order valence-electron chi connectivity index (χ4n) is 2.06. The minimum Gasteiger partial charge on any atom is -0.494 e. The smallest absolute Gasteiger partial charge is 0.257 e. The van der Waals surface area contributed by atoms with Gasteiger partial charge in [0.1, 0.15) is 5.82 Å². The maximum Gasteiger partial charge on any atom is 0.257 e. The van der Waals surface area contributed by atoms with Crippen LogP contribution in [0, 0.1) is 11.6 Å². The van der Waals surface area contributed by atoms with Crippen LogP contribution in [0.2, 0.25) is 0 Å². The first kappa shape index (κ1) is 16.1. The van der Waals surface area contributed by atoms with Gasteiger partial charge < -0.3 is 4.74 Å². The van der Waals surface area contributed by atoms with Crippen LogP contribution in [-0.2, 0) is 0 Å². The van der Waals surface area contributed by atoms with Crippen LogP contribution >= 0.6 is 11.3 Å². The van der Waals surface area contributed by atoms with Crippen LogP contribution in [0.1, 0.15) is 10.4 Å². The van der Waals surface area contributed by atoms with Crippen LogP contribution in [0.15, 0.2) is 47.8 Å². The zero-order chi connectivity index (χ0) is 17.1. The molecule has 0 bridgehead atoms. The average molecular weight is 346 g/mol. The van der Waals surface area contributed by atoms with E-state index >= 15 is 0 Å². The Morgan fingerprint density at radius 1 is 1.17 bits per heavy atom. The fraction of sp³-hybridized carbons (Fsp3) is 0.0588. The van der Waals surface area contributed by atoms with Crippen molar-refractivity contribution < 1.29 is 18.3 Å². The summed E-state index contributed by atoms with van der Waals surface area (Å²) in [4.78, 5) is 16.3. The molecule has 3 rings (SSSR count). The van der Waals surface area contributed by atoms with Gasteiger partial charge in [-0.05, 0) is 42.5 Å². The van der Waals surface area contributed by atoms with Crippen molar-refractivity contribution in [1.82, 2.24) is 4.98 Å².